The average Bonchev–Trinajstić information content (AvgIpc) is 3.23. The molecule has 0 amide bonds. The van der Waals surface area contributed by atoms with E-state index in [1.165, 1.54) is 11.8 Å². The number of thioether (sulfide) groups is 1. The van der Waals surface area contributed by atoms with Crippen molar-refractivity contribution >= 4 is 46.6 Å². The largest absolute Gasteiger partial charge is 0.497 e. The van der Waals surface area contributed by atoms with Gasteiger partial charge in [-0.3, -0.25) is 14.7 Å². The van der Waals surface area contributed by atoms with E-state index in [-0.39, 0.29) is 18.1 Å². The minimum Gasteiger partial charge on any atom is -0.497 e. The molecule has 1 heterocycles. The van der Waals surface area contributed by atoms with Crippen LogP contribution >= 0.6 is 46.6 Å². The van der Waals surface area contributed by atoms with Gasteiger partial charge in [-0.2, -0.15) is 0 Å². The van der Waals surface area contributed by atoms with E-state index in [1.807, 2.05) is 35.8 Å². The minimum absolute atomic E-state index is 0.187. The Bertz CT molecular complexity index is 1420. The molecule has 0 N–H and O–H groups in total. The number of aryl methyl sites for hydroxylation is 1. The van der Waals surface area contributed by atoms with Gasteiger partial charge in [0.1, 0.15) is 29.2 Å². The van der Waals surface area contributed by atoms with Gasteiger partial charge in [0.2, 0.25) is 6.54 Å². The van der Waals surface area contributed by atoms with Crippen molar-refractivity contribution in [1.29, 1.82) is 0 Å². The number of hydrogen-bond donors (Lipinski definition) is 0. The Morgan fingerprint density at radius 2 is 1.78 bits per heavy atom. The molecule has 1 aromatic heterocycles. The molecule has 0 unspecified atom stereocenters. The van der Waals surface area contributed by atoms with Crippen LogP contribution in [0.5, 0.6) is 11.5 Å². The Balaban J connectivity index is 1.57. The average molecular weight is 580 g/mol. The molecule has 37 heavy (non-hydrogen) atoms. The number of benzene rings is 3. The summed E-state index contributed by atoms with van der Waals surface area (Å²) < 4.78 is 12.9. The van der Waals surface area contributed by atoms with Gasteiger partial charge in [0.15, 0.2) is 5.16 Å². The van der Waals surface area contributed by atoms with E-state index in [1.54, 1.807) is 43.5 Å². The first-order chi connectivity index (χ1) is 17.7. The number of methoxy groups -OCH3 is 1. The fourth-order valence-corrected chi connectivity index (χ4v) is 5.42. The van der Waals surface area contributed by atoms with Crippen LogP contribution in [-0.2, 0) is 6.61 Å². The van der Waals surface area contributed by atoms with Gasteiger partial charge in [0, 0.05) is 26.2 Å². The zero-order chi connectivity index (χ0) is 26.5. The highest BCUT2D eigenvalue weighted by atomic mass is 35.5. The van der Waals surface area contributed by atoms with Crippen LogP contribution in [0, 0.1) is 17.0 Å². The third kappa shape index (κ3) is 6.67. The summed E-state index contributed by atoms with van der Waals surface area (Å²) in [4.78, 5) is 11.2. The summed E-state index contributed by atoms with van der Waals surface area (Å²) in [5.41, 5.74) is 2.22. The molecular weight excluding hydrogens is 559 g/mol. The molecule has 0 radical (unpaired) electrons. The number of rotatable bonds is 10. The van der Waals surface area contributed by atoms with Gasteiger partial charge >= 0.3 is 0 Å². The van der Waals surface area contributed by atoms with Crippen molar-refractivity contribution in [2.75, 3.05) is 13.7 Å². The molecule has 0 saturated carbocycles. The van der Waals surface area contributed by atoms with Gasteiger partial charge in [-0.15, -0.1) is 10.2 Å². The van der Waals surface area contributed by atoms with Crippen molar-refractivity contribution in [2.24, 2.45) is 0 Å². The van der Waals surface area contributed by atoms with E-state index in [0.717, 1.165) is 11.3 Å². The molecule has 0 bridgehead atoms. The Labute approximate surface area is 232 Å². The van der Waals surface area contributed by atoms with E-state index < -0.39 is 5.25 Å². The zero-order valence-electron chi connectivity index (χ0n) is 19.7. The first-order valence-electron chi connectivity index (χ1n) is 11.0. The highest BCUT2D eigenvalue weighted by molar-refractivity contribution is 7.99. The smallest absolute Gasteiger partial charge is 0.220 e. The summed E-state index contributed by atoms with van der Waals surface area (Å²) in [6, 6.07) is 17.7. The van der Waals surface area contributed by atoms with Crippen LogP contribution in [0.1, 0.15) is 22.2 Å². The molecule has 4 rings (SSSR count). The number of hydrogen-bond acceptors (Lipinski definition) is 7. The van der Waals surface area contributed by atoms with Crippen LogP contribution in [-0.4, -0.2) is 33.3 Å². The van der Waals surface area contributed by atoms with E-state index >= 15 is 0 Å². The second-order valence-electron chi connectivity index (χ2n) is 7.90. The highest BCUT2D eigenvalue weighted by Gasteiger charge is 2.25. The van der Waals surface area contributed by atoms with Gasteiger partial charge in [-0.1, -0.05) is 58.7 Å². The lowest BCUT2D eigenvalue weighted by molar-refractivity contribution is -0.479. The molecule has 0 fully saturated rings. The van der Waals surface area contributed by atoms with Crippen LogP contribution < -0.4 is 9.47 Å². The zero-order valence-corrected chi connectivity index (χ0v) is 22.8. The molecule has 8 nitrogen and oxygen atoms in total. The maximum Gasteiger partial charge on any atom is 0.220 e. The molecule has 4 aromatic rings. The molecule has 12 heteroatoms. The molecular formula is C25H21Cl3N4O4S. The summed E-state index contributed by atoms with van der Waals surface area (Å²) in [5, 5.41) is 21.3. The lowest BCUT2D eigenvalue weighted by atomic mass is 10.1. The van der Waals surface area contributed by atoms with Gasteiger partial charge in [-0.05, 0) is 61.0 Å². The van der Waals surface area contributed by atoms with E-state index in [4.69, 9.17) is 44.3 Å². The lowest BCUT2D eigenvalue weighted by Gasteiger charge is -2.16. The minimum atomic E-state index is -0.576. The summed E-state index contributed by atoms with van der Waals surface area (Å²) in [6.45, 7) is 1.67. The number of nitro groups is 1. The predicted octanol–water partition coefficient (Wildman–Crippen LogP) is 7.23. The van der Waals surface area contributed by atoms with Crippen LogP contribution in [0.25, 0.3) is 5.69 Å². The summed E-state index contributed by atoms with van der Waals surface area (Å²) in [7, 11) is 1.59. The SMILES string of the molecule is COc1ccc(-n2c(C)nnc2S[C@H](C[N+](=O)[O-])c2ccc(OCc3ccc(Cl)cc3Cl)c(Cl)c2)cc1. The second kappa shape index (κ2) is 12.0. The molecule has 0 saturated heterocycles. The summed E-state index contributed by atoms with van der Waals surface area (Å²) in [5.74, 6) is 1.79. The molecule has 0 aliphatic carbocycles. The number of nitrogens with zero attached hydrogens (tertiary/aromatic N) is 4. The third-order valence-corrected chi connectivity index (χ3v) is 7.48. The van der Waals surface area contributed by atoms with Crippen molar-refractivity contribution in [3.63, 3.8) is 0 Å². The van der Waals surface area contributed by atoms with E-state index in [0.29, 0.717) is 43.1 Å². The van der Waals surface area contributed by atoms with Gasteiger partial charge in [0.25, 0.3) is 0 Å². The number of ether oxygens (including phenoxy) is 2. The first kappa shape index (κ1) is 27.1. The van der Waals surface area contributed by atoms with Crippen LogP contribution in [0.4, 0.5) is 0 Å². The van der Waals surface area contributed by atoms with E-state index in [2.05, 4.69) is 10.2 Å². The van der Waals surface area contributed by atoms with Crippen LogP contribution in [0.2, 0.25) is 15.1 Å². The second-order valence-corrected chi connectivity index (χ2v) is 10.3. The Morgan fingerprint density at radius 1 is 1.03 bits per heavy atom. The molecule has 192 valence electrons. The lowest BCUT2D eigenvalue weighted by Crippen LogP contribution is -2.11. The normalized spacial score (nSPS) is 11.8. The standard InChI is InChI=1S/C25H21Cl3N4O4S/c1-15-29-30-25(32(15)19-6-8-20(35-2)9-7-19)37-24(13-31(33)34)16-4-10-23(22(28)11-16)36-14-17-3-5-18(26)12-21(17)27/h3-12,24H,13-14H2,1-2H3/t24-/m1/s1. The first-order valence-corrected chi connectivity index (χ1v) is 13.0. The molecule has 0 aliphatic heterocycles. The van der Waals surface area contributed by atoms with Crippen molar-refractivity contribution in [3.05, 3.63) is 103 Å². The van der Waals surface area contributed by atoms with Gasteiger partial charge in [-0.25, -0.2) is 0 Å². The molecule has 3 aromatic carbocycles. The maximum absolute atomic E-state index is 11.5. The maximum atomic E-state index is 11.5. The summed E-state index contributed by atoms with van der Waals surface area (Å²) in [6.07, 6.45) is 0. The number of halogens is 3. The third-order valence-electron chi connectivity index (χ3n) is 5.41. The quantitative estimate of drug-likeness (QED) is 0.111. The van der Waals surface area contributed by atoms with Crippen molar-refractivity contribution < 1.29 is 14.4 Å². The van der Waals surface area contributed by atoms with Gasteiger partial charge in [0.05, 0.1) is 12.1 Å². The number of aromatic nitrogens is 3. The Morgan fingerprint density at radius 3 is 2.43 bits per heavy atom. The Kier molecular flexibility index (Phi) is 8.81. The summed E-state index contributed by atoms with van der Waals surface area (Å²) >= 11 is 19.9. The highest BCUT2D eigenvalue weighted by Crippen LogP contribution is 2.39. The van der Waals surface area contributed by atoms with Crippen molar-refractivity contribution in [2.45, 2.75) is 23.9 Å². The molecule has 0 aliphatic rings. The van der Waals surface area contributed by atoms with Gasteiger partial charge < -0.3 is 9.47 Å². The van der Waals surface area contributed by atoms with Crippen molar-refractivity contribution in [3.8, 4) is 17.2 Å². The molecule has 0 spiro atoms. The topological polar surface area (TPSA) is 92.3 Å². The fourth-order valence-electron chi connectivity index (χ4n) is 3.55. The van der Waals surface area contributed by atoms with Crippen LogP contribution in [0.3, 0.4) is 0 Å². The van der Waals surface area contributed by atoms with Crippen molar-refractivity contribution in [1.82, 2.24) is 14.8 Å². The monoisotopic (exact) mass is 578 g/mol. The fraction of sp³-hybridized carbons (Fsp3) is 0.200. The van der Waals surface area contributed by atoms with E-state index in [9.17, 15) is 10.1 Å². The van der Waals surface area contributed by atoms with Crippen LogP contribution in [0.15, 0.2) is 65.8 Å². The molecule has 1 atom stereocenters. The Hall–Kier alpha value is -2.98. The predicted molar refractivity (Wildman–Crippen MR) is 145 cm³/mol.